The largest absolute Gasteiger partial charge is 0.286 e. The van der Waals surface area contributed by atoms with Crippen LogP contribution in [0.15, 0.2) is 48.5 Å². The van der Waals surface area contributed by atoms with Gasteiger partial charge in [-0.05, 0) is 33.0 Å². The van der Waals surface area contributed by atoms with E-state index < -0.39 is 5.92 Å². The van der Waals surface area contributed by atoms with Gasteiger partial charge in [-0.15, -0.1) is 0 Å². The first-order chi connectivity index (χ1) is 8.16. The number of rotatable bonds is 0. The predicted octanol–water partition coefficient (Wildman–Crippen LogP) is 2.18. The quantitative estimate of drug-likeness (QED) is 0.648. The van der Waals surface area contributed by atoms with Gasteiger partial charge in [-0.1, -0.05) is 48.5 Å². The Kier molecular flexibility index (Phi) is 2.11. The third kappa shape index (κ3) is 1.76. The maximum absolute atomic E-state index is 13.7. The van der Waals surface area contributed by atoms with E-state index in [9.17, 15) is 8.78 Å². The molecule has 3 rings (SSSR count). The summed E-state index contributed by atoms with van der Waals surface area (Å²) in [6.07, 6.45) is 2.03. The zero-order valence-electron chi connectivity index (χ0n) is 9.03. The van der Waals surface area contributed by atoms with Crippen LogP contribution >= 0.6 is 0 Å². The highest BCUT2D eigenvalue weighted by Crippen LogP contribution is 2.17. The first-order valence-corrected chi connectivity index (χ1v) is 5.44. The molecule has 0 bridgehead atoms. The third-order valence-corrected chi connectivity index (χ3v) is 2.91. The van der Waals surface area contributed by atoms with E-state index in [1.807, 2.05) is 24.3 Å². The summed E-state index contributed by atoms with van der Waals surface area (Å²) >= 11 is 0. The van der Waals surface area contributed by atoms with Crippen molar-refractivity contribution in [2.45, 2.75) is 5.92 Å². The highest BCUT2D eigenvalue weighted by atomic mass is 19.3. The minimum Gasteiger partial charge on any atom is -0.197 e. The van der Waals surface area contributed by atoms with E-state index in [0.29, 0.717) is 10.4 Å². The van der Waals surface area contributed by atoms with Crippen molar-refractivity contribution in [3.63, 3.8) is 0 Å². The fourth-order valence-electron chi connectivity index (χ4n) is 2.19. The summed E-state index contributed by atoms with van der Waals surface area (Å²) in [5, 5.41) is 2.88. The van der Waals surface area contributed by atoms with Crippen LogP contribution in [0.2, 0.25) is 0 Å². The van der Waals surface area contributed by atoms with Crippen LogP contribution in [0.3, 0.4) is 0 Å². The van der Waals surface area contributed by atoms with Crippen molar-refractivity contribution in [1.29, 1.82) is 0 Å². The van der Waals surface area contributed by atoms with Crippen LogP contribution in [0.5, 0.6) is 0 Å². The van der Waals surface area contributed by atoms with Crippen molar-refractivity contribution in [2.24, 2.45) is 0 Å². The molecule has 0 spiro atoms. The minimum absolute atomic E-state index is 0.582. The van der Waals surface area contributed by atoms with Gasteiger partial charge in [0.05, 0.1) is 0 Å². The van der Waals surface area contributed by atoms with Crippen LogP contribution in [0.4, 0.5) is 8.78 Å². The Morgan fingerprint density at radius 3 is 1.53 bits per heavy atom. The van der Waals surface area contributed by atoms with E-state index in [4.69, 9.17) is 0 Å². The molecule has 2 aromatic rings. The van der Waals surface area contributed by atoms with E-state index in [-0.39, 0.29) is 0 Å². The average Bonchev–Trinajstić information content (AvgIpc) is 2.40. The molecule has 84 valence electrons. The number of hydrogen-bond donors (Lipinski definition) is 0. The Labute approximate surface area is 96.8 Å². The second-order valence-electron chi connectivity index (χ2n) is 4.14. The number of alkyl halides is 2. The minimum atomic E-state index is -2.90. The monoisotopic (exact) mass is 228 g/mol. The second-order valence-corrected chi connectivity index (χ2v) is 4.14. The van der Waals surface area contributed by atoms with Gasteiger partial charge in [-0.3, -0.25) is 0 Å². The van der Waals surface area contributed by atoms with Gasteiger partial charge in [0, 0.05) is 0 Å². The fraction of sp³-hybridized carbons (Fsp3) is 0.0667. The smallest absolute Gasteiger partial charge is 0.197 e. The van der Waals surface area contributed by atoms with Gasteiger partial charge in [0.25, 0.3) is 5.92 Å². The van der Waals surface area contributed by atoms with Crippen LogP contribution in [0, 0.1) is 10.4 Å². The predicted molar refractivity (Wildman–Crippen MR) is 63.7 cm³/mol. The van der Waals surface area contributed by atoms with Crippen LogP contribution in [0.25, 0.3) is 12.2 Å². The van der Waals surface area contributed by atoms with E-state index >= 15 is 0 Å². The van der Waals surface area contributed by atoms with Gasteiger partial charge in [0.2, 0.25) is 0 Å². The molecule has 0 nitrogen and oxygen atoms in total. The number of fused-ring (bicyclic) bond motifs is 2. The Morgan fingerprint density at radius 2 is 1.06 bits per heavy atom. The van der Waals surface area contributed by atoms with Crippen LogP contribution in [0.1, 0.15) is 0 Å². The van der Waals surface area contributed by atoms with Gasteiger partial charge in [0.15, 0.2) is 0 Å². The molecule has 0 saturated carbocycles. The summed E-state index contributed by atoms with van der Waals surface area (Å²) in [5.41, 5.74) is 0. The first kappa shape index (κ1) is 10.2. The SMILES string of the molecule is FC1(F)C=c2ccccc2=c2ccccc2=C1. The lowest BCUT2D eigenvalue weighted by molar-refractivity contribution is 0.148. The van der Waals surface area contributed by atoms with E-state index in [0.717, 1.165) is 22.6 Å². The molecule has 1 aliphatic rings. The molecule has 2 heteroatoms. The molecular formula is C15H10F2. The van der Waals surface area contributed by atoms with Crippen molar-refractivity contribution in [1.82, 2.24) is 0 Å². The Bertz CT molecular complexity index is 708. The molecule has 0 N–H and O–H groups in total. The van der Waals surface area contributed by atoms with Gasteiger partial charge in [-0.25, -0.2) is 0 Å². The summed E-state index contributed by atoms with van der Waals surface area (Å²) in [4.78, 5) is 0. The molecule has 0 fully saturated rings. The average molecular weight is 228 g/mol. The summed E-state index contributed by atoms with van der Waals surface area (Å²) in [5.74, 6) is -2.90. The van der Waals surface area contributed by atoms with Gasteiger partial charge < -0.3 is 0 Å². The molecule has 0 unspecified atom stereocenters. The lowest BCUT2D eigenvalue weighted by Gasteiger charge is -2.03. The summed E-state index contributed by atoms with van der Waals surface area (Å²) < 4.78 is 27.4. The van der Waals surface area contributed by atoms with Gasteiger partial charge in [-0.2, -0.15) is 8.78 Å². The molecule has 1 aliphatic carbocycles. The van der Waals surface area contributed by atoms with Gasteiger partial charge in [0.1, 0.15) is 0 Å². The Hall–Kier alpha value is -1.96. The zero-order valence-corrected chi connectivity index (χ0v) is 9.03. The molecule has 17 heavy (non-hydrogen) atoms. The number of halogens is 2. The van der Waals surface area contributed by atoms with Crippen molar-refractivity contribution in [3.8, 4) is 0 Å². The molecule has 0 aliphatic heterocycles. The summed E-state index contributed by atoms with van der Waals surface area (Å²) in [6.45, 7) is 0. The van der Waals surface area contributed by atoms with E-state index in [2.05, 4.69) is 0 Å². The van der Waals surface area contributed by atoms with Gasteiger partial charge >= 0.3 is 0 Å². The molecule has 0 atom stereocenters. The Balaban J connectivity index is 2.71. The van der Waals surface area contributed by atoms with Crippen molar-refractivity contribution in [2.75, 3.05) is 0 Å². The van der Waals surface area contributed by atoms with Crippen LogP contribution < -0.4 is 10.4 Å². The molecule has 0 saturated heterocycles. The molecule has 0 heterocycles. The van der Waals surface area contributed by atoms with E-state index in [1.54, 1.807) is 24.3 Å². The van der Waals surface area contributed by atoms with E-state index in [1.165, 1.54) is 0 Å². The number of benzene rings is 2. The van der Waals surface area contributed by atoms with Crippen molar-refractivity contribution < 1.29 is 8.78 Å². The lowest BCUT2D eigenvalue weighted by atomic mass is 10.1. The molecule has 0 amide bonds. The number of hydrogen-bond acceptors (Lipinski definition) is 0. The van der Waals surface area contributed by atoms with Crippen molar-refractivity contribution in [3.05, 3.63) is 69.4 Å². The van der Waals surface area contributed by atoms with Crippen LogP contribution in [-0.4, -0.2) is 5.92 Å². The summed E-state index contributed by atoms with van der Waals surface area (Å²) in [7, 11) is 0. The third-order valence-electron chi connectivity index (χ3n) is 2.91. The highest BCUT2D eigenvalue weighted by molar-refractivity contribution is 5.52. The second kappa shape index (κ2) is 3.52. The Morgan fingerprint density at radius 1 is 0.647 bits per heavy atom. The fourth-order valence-corrected chi connectivity index (χ4v) is 2.19. The highest BCUT2D eigenvalue weighted by Gasteiger charge is 2.22. The van der Waals surface area contributed by atoms with Crippen LogP contribution in [-0.2, 0) is 0 Å². The molecule has 0 aromatic heterocycles. The molecular weight excluding hydrogens is 218 g/mol. The topological polar surface area (TPSA) is 0 Å². The first-order valence-electron chi connectivity index (χ1n) is 5.44. The maximum atomic E-state index is 13.7. The summed E-state index contributed by atoms with van der Waals surface area (Å²) in [6, 6.07) is 14.5. The van der Waals surface area contributed by atoms with Crippen molar-refractivity contribution >= 4 is 12.2 Å². The maximum Gasteiger partial charge on any atom is 0.286 e. The standard InChI is InChI=1S/C15H10F2/c16-15(17)9-11-5-1-3-7-13(11)14-8-4-2-6-12(14)10-15/h1-10H. The normalized spacial score (nSPS) is 15.9. The molecule has 0 radical (unpaired) electrons. The molecule has 2 aromatic carbocycles. The lowest BCUT2D eigenvalue weighted by Crippen LogP contribution is -2.15. The zero-order chi connectivity index (χ0) is 11.9.